The minimum Gasteiger partial charge on any atom is -0.444 e. The molecule has 1 fully saturated rings. The zero-order valence-corrected chi connectivity index (χ0v) is 20.6. The molecule has 11 heteroatoms. The topological polar surface area (TPSA) is 118 Å². The van der Waals surface area contributed by atoms with Gasteiger partial charge >= 0.3 is 6.09 Å². The van der Waals surface area contributed by atoms with E-state index in [1.54, 1.807) is 29.2 Å². The van der Waals surface area contributed by atoms with Crippen LogP contribution in [0, 0.1) is 11.8 Å². The van der Waals surface area contributed by atoms with Crippen molar-refractivity contribution >= 4 is 33.0 Å². The minimum absolute atomic E-state index is 0.0932. The number of aliphatic hydroxyl groups excluding tert-OH is 1. The van der Waals surface area contributed by atoms with Crippen molar-refractivity contribution in [1.82, 2.24) is 18.8 Å². The van der Waals surface area contributed by atoms with Gasteiger partial charge in [-0.25, -0.2) is 27.2 Å². The fraction of sp³-hybridized carbons (Fsp3) is 0.375. The van der Waals surface area contributed by atoms with Gasteiger partial charge in [-0.1, -0.05) is 24.1 Å². The van der Waals surface area contributed by atoms with Gasteiger partial charge in [-0.2, -0.15) is 0 Å². The van der Waals surface area contributed by atoms with Crippen LogP contribution >= 0.6 is 0 Å². The highest BCUT2D eigenvalue weighted by atomic mass is 32.2. The van der Waals surface area contributed by atoms with E-state index in [4.69, 9.17) is 4.74 Å². The third-order valence-corrected chi connectivity index (χ3v) is 7.06. The van der Waals surface area contributed by atoms with Crippen molar-refractivity contribution < 1.29 is 23.1 Å². The van der Waals surface area contributed by atoms with Gasteiger partial charge in [-0.15, -0.1) is 0 Å². The molecule has 0 radical (unpaired) electrons. The maximum Gasteiger partial charge on any atom is 0.410 e. The Morgan fingerprint density at radius 3 is 2.43 bits per heavy atom. The maximum atomic E-state index is 13.5. The Labute approximate surface area is 204 Å². The number of nitrogens with zero attached hydrogens (tertiary/aromatic N) is 5. The largest absolute Gasteiger partial charge is 0.444 e. The molecule has 35 heavy (non-hydrogen) atoms. The third kappa shape index (κ3) is 5.08. The lowest BCUT2D eigenvalue weighted by molar-refractivity contribution is 0.0240. The number of hydrogen-bond donors (Lipinski definition) is 1. The molecule has 0 bridgehead atoms. The van der Waals surface area contributed by atoms with E-state index in [0.29, 0.717) is 37.4 Å². The van der Waals surface area contributed by atoms with E-state index < -0.39 is 22.2 Å². The summed E-state index contributed by atoms with van der Waals surface area (Å²) in [6, 6.07) is 9.64. The molecular weight excluding hydrogens is 470 g/mol. The van der Waals surface area contributed by atoms with Gasteiger partial charge in [0, 0.05) is 26.2 Å². The van der Waals surface area contributed by atoms with E-state index in [2.05, 4.69) is 21.8 Å². The number of carbonyl (C=O) groups is 1. The van der Waals surface area contributed by atoms with Gasteiger partial charge in [-0.05, 0) is 44.9 Å². The summed E-state index contributed by atoms with van der Waals surface area (Å²) in [5.74, 6) is 5.80. The normalized spacial score (nSPS) is 14.5. The monoisotopic (exact) mass is 497 g/mol. The molecule has 3 heterocycles. The second-order valence-corrected chi connectivity index (χ2v) is 10.7. The molecule has 184 valence electrons. The third-order valence-electron chi connectivity index (χ3n) is 5.34. The zero-order chi connectivity index (χ0) is 25.2. The molecule has 1 aromatic carbocycles. The Balaban J connectivity index is 1.71. The van der Waals surface area contributed by atoms with Crippen molar-refractivity contribution in [3.8, 4) is 11.8 Å². The summed E-state index contributed by atoms with van der Waals surface area (Å²) >= 11 is 0. The molecule has 1 N–H and O–H groups in total. The number of benzene rings is 1. The second kappa shape index (κ2) is 9.56. The Morgan fingerprint density at radius 2 is 1.80 bits per heavy atom. The van der Waals surface area contributed by atoms with Crippen LogP contribution in [0.4, 0.5) is 10.6 Å². The molecule has 1 amide bonds. The first-order valence-corrected chi connectivity index (χ1v) is 12.6. The SMILES string of the molecule is CC(C)(C)OC(=O)N1CCN(c2ncnc3c2cc(C#CCO)n3S(=O)(=O)c2ccccc2)CC1. The predicted molar refractivity (Wildman–Crippen MR) is 131 cm³/mol. The number of amides is 1. The first-order valence-electron chi connectivity index (χ1n) is 11.1. The molecule has 1 aliphatic rings. The quantitative estimate of drug-likeness (QED) is 0.547. The van der Waals surface area contributed by atoms with Gasteiger partial charge in [0.1, 0.15) is 30.0 Å². The first kappa shape index (κ1) is 24.5. The van der Waals surface area contributed by atoms with E-state index in [9.17, 15) is 18.3 Å². The molecule has 2 aromatic heterocycles. The lowest BCUT2D eigenvalue weighted by Gasteiger charge is -2.36. The van der Waals surface area contributed by atoms with E-state index in [-0.39, 0.29) is 22.3 Å². The lowest BCUT2D eigenvalue weighted by Crippen LogP contribution is -2.50. The van der Waals surface area contributed by atoms with E-state index in [0.717, 1.165) is 3.97 Å². The van der Waals surface area contributed by atoms with Crippen molar-refractivity contribution in [2.75, 3.05) is 37.7 Å². The number of ether oxygens (including phenoxy) is 1. The van der Waals surface area contributed by atoms with Crippen LogP contribution in [-0.2, 0) is 14.8 Å². The van der Waals surface area contributed by atoms with E-state index >= 15 is 0 Å². The molecule has 0 aliphatic carbocycles. The zero-order valence-electron chi connectivity index (χ0n) is 19.8. The van der Waals surface area contributed by atoms with Crippen molar-refractivity contribution in [2.24, 2.45) is 0 Å². The Bertz CT molecular complexity index is 1390. The summed E-state index contributed by atoms with van der Waals surface area (Å²) in [6.07, 6.45) is 0.949. The Morgan fingerprint density at radius 1 is 1.11 bits per heavy atom. The molecule has 0 saturated carbocycles. The highest BCUT2D eigenvalue weighted by molar-refractivity contribution is 7.90. The van der Waals surface area contributed by atoms with Crippen LogP contribution in [-0.4, -0.2) is 76.8 Å². The Kier molecular flexibility index (Phi) is 6.69. The summed E-state index contributed by atoms with van der Waals surface area (Å²) < 4.78 is 33.6. The van der Waals surface area contributed by atoms with Gasteiger partial charge in [0.05, 0.1) is 10.3 Å². The van der Waals surface area contributed by atoms with Gasteiger partial charge in [-0.3, -0.25) is 0 Å². The summed E-state index contributed by atoms with van der Waals surface area (Å²) in [7, 11) is -4.01. The van der Waals surface area contributed by atoms with Crippen LogP contribution in [0.5, 0.6) is 0 Å². The average molecular weight is 498 g/mol. The van der Waals surface area contributed by atoms with Crippen LogP contribution in [0.15, 0.2) is 47.6 Å². The smallest absolute Gasteiger partial charge is 0.410 e. The molecule has 0 atom stereocenters. The number of rotatable bonds is 3. The summed E-state index contributed by atoms with van der Waals surface area (Å²) in [5, 5.41) is 9.71. The molecule has 4 rings (SSSR count). The summed E-state index contributed by atoms with van der Waals surface area (Å²) in [5.41, 5.74) is -0.214. The number of aliphatic hydroxyl groups is 1. The maximum absolute atomic E-state index is 13.5. The van der Waals surface area contributed by atoms with Crippen molar-refractivity contribution in [3.05, 3.63) is 48.4 Å². The van der Waals surface area contributed by atoms with E-state index in [1.807, 2.05) is 25.7 Å². The van der Waals surface area contributed by atoms with Gasteiger partial charge < -0.3 is 19.6 Å². The van der Waals surface area contributed by atoms with Crippen LogP contribution in [0.1, 0.15) is 26.5 Å². The summed E-state index contributed by atoms with van der Waals surface area (Å²) in [6.45, 7) is 6.89. The second-order valence-electron chi connectivity index (χ2n) is 8.96. The van der Waals surface area contributed by atoms with E-state index in [1.165, 1.54) is 18.5 Å². The fourth-order valence-electron chi connectivity index (χ4n) is 3.82. The van der Waals surface area contributed by atoms with Crippen LogP contribution in [0.2, 0.25) is 0 Å². The molecular formula is C24H27N5O5S. The molecule has 0 unspecified atom stereocenters. The standard InChI is InChI=1S/C24H27N5O5S/c1-24(2,3)34-23(31)28-13-11-27(12-14-28)21-20-16-18(8-7-15-30)29(22(20)26-17-25-21)35(32,33)19-9-5-4-6-10-19/h4-6,9-10,16-17,30H,11-15H2,1-3H3. The van der Waals surface area contributed by atoms with Gasteiger partial charge in [0.15, 0.2) is 5.65 Å². The Hall–Kier alpha value is -3.62. The van der Waals surface area contributed by atoms with Crippen molar-refractivity contribution in [1.29, 1.82) is 0 Å². The van der Waals surface area contributed by atoms with Crippen LogP contribution < -0.4 is 4.90 Å². The minimum atomic E-state index is -4.01. The van der Waals surface area contributed by atoms with Crippen molar-refractivity contribution in [3.63, 3.8) is 0 Å². The van der Waals surface area contributed by atoms with Crippen molar-refractivity contribution in [2.45, 2.75) is 31.3 Å². The molecule has 1 aliphatic heterocycles. The number of piperazine rings is 1. The van der Waals surface area contributed by atoms with Gasteiger partial charge in [0.25, 0.3) is 10.0 Å². The number of anilines is 1. The first-order chi connectivity index (χ1) is 16.6. The van der Waals surface area contributed by atoms with Crippen LogP contribution in [0.25, 0.3) is 11.0 Å². The highest BCUT2D eigenvalue weighted by Gasteiger charge is 2.29. The highest BCUT2D eigenvalue weighted by Crippen LogP contribution is 2.30. The molecule has 1 saturated heterocycles. The predicted octanol–water partition coefficient (Wildman–Crippen LogP) is 2.07. The number of carbonyl (C=O) groups excluding carboxylic acids is 1. The van der Waals surface area contributed by atoms with Crippen LogP contribution in [0.3, 0.4) is 0 Å². The number of fused-ring (bicyclic) bond motifs is 1. The molecule has 0 spiro atoms. The number of aromatic nitrogens is 3. The lowest BCUT2D eigenvalue weighted by atomic mass is 10.2. The fourth-order valence-corrected chi connectivity index (χ4v) is 5.26. The van der Waals surface area contributed by atoms with Gasteiger partial charge in [0.2, 0.25) is 0 Å². The summed E-state index contributed by atoms with van der Waals surface area (Å²) in [4.78, 5) is 24.8. The average Bonchev–Trinajstić information content (AvgIpc) is 3.21. The molecule has 10 nitrogen and oxygen atoms in total. The number of hydrogen-bond acceptors (Lipinski definition) is 8. The molecule has 3 aromatic rings.